The Labute approximate surface area is 220 Å². The largest absolute Gasteiger partial charge is 0.462 e. The number of alkyl halides is 1. The summed E-state index contributed by atoms with van der Waals surface area (Å²) in [6, 6.07) is 17.9. The highest BCUT2D eigenvalue weighted by Crippen LogP contribution is 2.45. The second-order valence-corrected chi connectivity index (χ2v) is 9.48. The van der Waals surface area contributed by atoms with E-state index in [0.717, 1.165) is 42.4 Å². The quantitative estimate of drug-likeness (QED) is 0.290. The van der Waals surface area contributed by atoms with Crippen LogP contribution in [-0.4, -0.2) is 42.4 Å². The highest BCUT2D eigenvalue weighted by molar-refractivity contribution is 9.09. The van der Waals surface area contributed by atoms with Gasteiger partial charge in [-0.2, -0.15) is 0 Å². The Balaban J connectivity index is 1.85. The number of nitrogens with zero attached hydrogens (tertiary/aromatic N) is 1. The van der Waals surface area contributed by atoms with Gasteiger partial charge in [0, 0.05) is 5.56 Å². The molecule has 2 aromatic rings. The maximum absolute atomic E-state index is 13.4. The summed E-state index contributed by atoms with van der Waals surface area (Å²) < 4.78 is 17.3. The van der Waals surface area contributed by atoms with E-state index in [1.807, 2.05) is 54.6 Å². The van der Waals surface area contributed by atoms with Crippen molar-refractivity contribution in [2.45, 2.75) is 57.6 Å². The van der Waals surface area contributed by atoms with Crippen LogP contribution in [0.2, 0.25) is 0 Å². The molecule has 2 aliphatic rings. The topological polar surface area (TPSA) is 74.2 Å². The molecule has 2 aromatic carbocycles. The fourth-order valence-corrected chi connectivity index (χ4v) is 5.56. The Bertz CT molecular complexity index is 1140. The van der Waals surface area contributed by atoms with E-state index in [1.165, 1.54) is 6.42 Å². The number of carbonyl (C=O) groups excluding carboxylic acids is 2. The van der Waals surface area contributed by atoms with Gasteiger partial charge in [-0.15, -0.1) is 0 Å². The fraction of sp³-hybridized carbons (Fsp3) is 0.414. The third-order valence-corrected chi connectivity index (χ3v) is 7.41. The van der Waals surface area contributed by atoms with Crippen molar-refractivity contribution < 1.29 is 23.8 Å². The molecule has 0 bridgehead atoms. The molecule has 0 saturated heterocycles. The van der Waals surface area contributed by atoms with Crippen LogP contribution < -0.4 is 0 Å². The number of rotatable bonds is 8. The van der Waals surface area contributed by atoms with E-state index < -0.39 is 17.5 Å². The van der Waals surface area contributed by atoms with Crippen LogP contribution in [0.25, 0.3) is 11.1 Å². The molecular weight excluding hydrogens is 522 g/mol. The van der Waals surface area contributed by atoms with Crippen LogP contribution in [-0.2, 0) is 29.4 Å². The molecule has 1 fully saturated rings. The predicted octanol–water partition coefficient (Wildman–Crippen LogP) is 6.13. The lowest BCUT2D eigenvalue weighted by molar-refractivity contribution is -0.142. The molecule has 0 radical (unpaired) electrons. The Kier molecular flexibility index (Phi) is 8.62. The first kappa shape index (κ1) is 26.1. The van der Waals surface area contributed by atoms with E-state index in [2.05, 4.69) is 15.9 Å². The van der Waals surface area contributed by atoms with E-state index in [-0.39, 0.29) is 41.6 Å². The Morgan fingerprint density at radius 1 is 0.917 bits per heavy atom. The van der Waals surface area contributed by atoms with Gasteiger partial charge in [0.05, 0.1) is 24.6 Å². The maximum Gasteiger partial charge on any atom is 0.344 e. The second-order valence-electron chi connectivity index (χ2n) is 8.92. The van der Waals surface area contributed by atoms with Gasteiger partial charge in [-0.3, -0.25) is 0 Å². The molecule has 1 atom stereocenters. The highest BCUT2D eigenvalue weighted by Gasteiger charge is 2.53. The number of hydrogen-bond acceptors (Lipinski definition) is 6. The van der Waals surface area contributed by atoms with Gasteiger partial charge in [0.25, 0.3) is 0 Å². The summed E-state index contributed by atoms with van der Waals surface area (Å²) in [6.45, 7) is 3.80. The first-order chi connectivity index (χ1) is 17.5. The van der Waals surface area contributed by atoms with Gasteiger partial charge in [0.15, 0.2) is 5.60 Å². The van der Waals surface area contributed by atoms with Gasteiger partial charge in [-0.05, 0) is 37.8 Å². The SMILES string of the molecule is CCOC(=O)C1=C(C(=O)OCC)C(CBr)(c2ccc(-c3ccccc3)cc2)OC1=NC1CCCCC1. The van der Waals surface area contributed by atoms with Crippen molar-refractivity contribution in [3.05, 3.63) is 71.3 Å². The van der Waals surface area contributed by atoms with Crippen molar-refractivity contribution in [1.29, 1.82) is 0 Å². The van der Waals surface area contributed by atoms with Gasteiger partial charge in [-0.25, -0.2) is 14.6 Å². The van der Waals surface area contributed by atoms with E-state index in [1.54, 1.807) is 13.8 Å². The van der Waals surface area contributed by atoms with Crippen molar-refractivity contribution in [3.8, 4) is 11.1 Å². The lowest BCUT2D eigenvalue weighted by Gasteiger charge is -2.29. The number of carbonyl (C=O) groups is 2. The average Bonchev–Trinajstić information content (AvgIpc) is 3.25. The fourth-order valence-electron chi connectivity index (χ4n) is 4.84. The van der Waals surface area contributed by atoms with Crippen molar-refractivity contribution in [1.82, 2.24) is 0 Å². The summed E-state index contributed by atoms with van der Waals surface area (Å²) in [5.74, 6) is -1.07. The van der Waals surface area contributed by atoms with Crippen LogP contribution in [0.4, 0.5) is 0 Å². The third-order valence-electron chi connectivity index (χ3n) is 6.62. The number of aliphatic imine (C=N–C) groups is 1. The van der Waals surface area contributed by atoms with Gasteiger partial charge in [-0.1, -0.05) is 89.8 Å². The summed E-state index contributed by atoms with van der Waals surface area (Å²) in [6.07, 6.45) is 5.18. The third kappa shape index (κ3) is 5.26. The van der Waals surface area contributed by atoms with Crippen molar-refractivity contribution in [2.24, 2.45) is 4.99 Å². The summed E-state index contributed by atoms with van der Waals surface area (Å²) in [7, 11) is 0. The maximum atomic E-state index is 13.4. The predicted molar refractivity (Wildman–Crippen MR) is 143 cm³/mol. The first-order valence-corrected chi connectivity index (χ1v) is 13.7. The molecule has 0 spiro atoms. The van der Waals surface area contributed by atoms with E-state index in [4.69, 9.17) is 19.2 Å². The van der Waals surface area contributed by atoms with Gasteiger partial charge < -0.3 is 14.2 Å². The van der Waals surface area contributed by atoms with E-state index in [0.29, 0.717) is 0 Å². The molecule has 0 aromatic heterocycles. The normalized spacial score (nSPS) is 21.4. The molecule has 1 unspecified atom stereocenters. The Morgan fingerprint density at radius 2 is 1.53 bits per heavy atom. The summed E-state index contributed by atoms with van der Waals surface area (Å²) >= 11 is 3.59. The van der Waals surface area contributed by atoms with Gasteiger partial charge in [0.1, 0.15) is 11.1 Å². The molecule has 0 N–H and O–H groups in total. The Hall–Kier alpha value is -2.93. The number of hydrogen-bond donors (Lipinski definition) is 0. The molecule has 190 valence electrons. The second kappa shape index (κ2) is 11.9. The van der Waals surface area contributed by atoms with Gasteiger partial charge >= 0.3 is 11.9 Å². The van der Waals surface area contributed by atoms with Crippen LogP contribution in [0.5, 0.6) is 0 Å². The molecule has 0 amide bonds. The van der Waals surface area contributed by atoms with Crippen LogP contribution in [0, 0.1) is 0 Å². The summed E-state index contributed by atoms with van der Waals surface area (Å²) in [5, 5.41) is 0.228. The van der Waals surface area contributed by atoms with Crippen LogP contribution in [0.1, 0.15) is 51.5 Å². The number of ether oxygens (including phenoxy) is 3. The van der Waals surface area contributed by atoms with Crippen LogP contribution >= 0.6 is 15.9 Å². The number of benzene rings is 2. The zero-order valence-electron chi connectivity index (χ0n) is 20.8. The monoisotopic (exact) mass is 553 g/mol. The molecule has 4 rings (SSSR count). The molecule has 1 aliphatic heterocycles. The molecule has 36 heavy (non-hydrogen) atoms. The van der Waals surface area contributed by atoms with E-state index in [9.17, 15) is 9.59 Å². The Morgan fingerprint density at radius 3 is 2.14 bits per heavy atom. The number of halogens is 1. The molecule has 7 heteroatoms. The standard InChI is InChI=1S/C29H32BrNO5/c1-3-34-27(32)24-25(28(33)35-4-2)29(19-30,36-26(24)31-23-13-9-6-10-14-23)22-17-15-21(16-18-22)20-11-7-5-8-12-20/h5,7-8,11-12,15-18,23H,3-4,6,9-10,13-14,19H2,1-2H3. The molecule has 1 heterocycles. The summed E-state index contributed by atoms with van der Waals surface area (Å²) in [5.41, 5.74) is 1.74. The molecule has 6 nitrogen and oxygen atoms in total. The lowest BCUT2D eigenvalue weighted by atomic mass is 9.85. The van der Waals surface area contributed by atoms with Crippen molar-refractivity contribution >= 4 is 33.8 Å². The van der Waals surface area contributed by atoms with Gasteiger partial charge in [0.2, 0.25) is 5.90 Å². The number of esters is 2. The zero-order valence-corrected chi connectivity index (χ0v) is 22.4. The van der Waals surface area contributed by atoms with Crippen LogP contribution in [0.15, 0.2) is 70.7 Å². The molecule has 1 aliphatic carbocycles. The van der Waals surface area contributed by atoms with Crippen molar-refractivity contribution in [3.63, 3.8) is 0 Å². The first-order valence-electron chi connectivity index (χ1n) is 12.6. The lowest BCUT2D eigenvalue weighted by Crippen LogP contribution is -2.35. The van der Waals surface area contributed by atoms with Crippen LogP contribution in [0.3, 0.4) is 0 Å². The van der Waals surface area contributed by atoms with Crippen molar-refractivity contribution in [2.75, 3.05) is 18.5 Å². The molecule has 1 saturated carbocycles. The molecular formula is C29H32BrNO5. The minimum Gasteiger partial charge on any atom is -0.462 e. The van der Waals surface area contributed by atoms with E-state index >= 15 is 0 Å². The minimum absolute atomic E-state index is 0.0354. The smallest absolute Gasteiger partial charge is 0.344 e. The minimum atomic E-state index is -1.28. The highest BCUT2D eigenvalue weighted by atomic mass is 79.9. The average molecular weight is 554 g/mol. The zero-order chi connectivity index (χ0) is 25.5. The summed E-state index contributed by atoms with van der Waals surface area (Å²) in [4.78, 5) is 31.5.